The van der Waals surface area contributed by atoms with Gasteiger partial charge in [-0.05, 0) is 60.5 Å². The molecule has 3 aromatic rings. The van der Waals surface area contributed by atoms with Crippen molar-refractivity contribution >= 4 is 17.4 Å². The van der Waals surface area contributed by atoms with Crippen LogP contribution in [0.25, 0.3) is 5.76 Å². The minimum Gasteiger partial charge on any atom is -0.507 e. The van der Waals surface area contributed by atoms with Gasteiger partial charge in [0.05, 0.1) is 31.9 Å². The van der Waals surface area contributed by atoms with E-state index >= 15 is 0 Å². The SMILES string of the molecule is COc1ccc(/C(O)=C2\C(=O)C(=O)N(CCN3CCOCC3)[C@H]2c2cccc(Oc3ccccc3)c2)c(C)c1. The summed E-state index contributed by atoms with van der Waals surface area (Å²) in [6.45, 7) is 5.55. The summed E-state index contributed by atoms with van der Waals surface area (Å²) in [5.74, 6) is 0.335. The summed E-state index contributed by atoms with van der Waals surface area (Å²) in [5, 5.41) is 11.5. The van der Waals surface area contributed by atoms with Gasteiger partial charge in [-0.1, -0.05) is 30.3 Å². The number of carbonyl (C=O) groups excluding carboxylic acids is 2. The summed E-state index contributed by atoms with van der Waals surface area (Å²) in [5.41, 5.74) is 1.94. The van der Waals surface area contributed by atoms with Crippen molar-refractivity contribution < 1.29 is 28.9 Å². The van der Waals surface area contributed by atoms with Crippen LogP contribution in [0.2, 0.25) is 0 Å². The fourth-order valence-corrected chi connectivity index (χ4v) is 5.08. The van der Waals surface area contributed by atoms with Crippen molar-refractivity contribution in [2.24, 2.45) is 0 Å². The number of aryl methyl sites for hydroxylation is 1. The first kappa shape index (κ1) is 26.5. The molecule has 8 heteroatoms. The van der Waals surface area contributed by atoms with Gasteiger partial charge >= 0.3 is 0 Å². The smallest absolute Gasteiger partial charge is 0.295 e. The van der Waals surface area contributed by atoms with Gasteiger partial charge in [0.15, 0.2) is 0 Å². The molecule has 0 radical (unpaired) electrons. The molecule has 2 saturated heterocycles. The van der Waals surface area contributed by atoms with E-state index in [0.717, 1.165) is 18.7 Å². The number of morpholine rings is 1. The molecular weight excluding hydrogens is 496 g/mol. The van der Waals surface area contributed by atoms with Gasteiger partial charge in [-0.25, -0.2) is 0 Å². The van der Waals surface area contributed by atoms with Gasteiger partial charge in [0, 0.05) is 31.7 Å². The fraction of sp³-hybridized carbons (Fsp3) is 0.290. The van der Waals surface area contributed by atoms with Crippen molar-refractivity contribution in [1.29, 1.82) is 0 Å². The van der Waals surface area contributed by atoms with Crippen molar-refractivity contribution in [3.8, 4) is 17.2 Å². The molecule has 202 valence electrons. The number of para-hydroxylation sites is 1. The highest BCUT2D eigenvalue weighted by Crippen LogP contribution is 2.41. The van der Waals surface area contributed by atoms with Gasteiger partial charge in [0.2, 0.25) is 0 Å². The first-order valence-corrected chi connectivity index (χ1v) is 13.0. The van der Waals surface area contributed by atoms with Crippen LogP contribution in [0, 0.1) is 6.92 Å². The Hall–Kier alpha value is -4.14. The van der Waals surface area contributed by atoms with Crippen LogP contribution in [0.4, 0.5) is 0 Å². The van der Waals surface area contributed by atoms with Crippen LogP contribution in [0.1, 0.15) is 22.7 Å². The number of rotatable bonds is 8. The van der Waals surface area contributed by atoms with E-state index < -0.39 is 17.7 Å². The molecule has 2 heterocycles. The highest BCUT2D eigenvalue weighted by molar-refractivity contribution is 6.46. The Bertz CT molecular complexity index is 1380. The van der Waals surface area contributed by atoms with Crippen LogP contribution < -0.4 is 9.47 Å². The summed E-state index contributed by atoms with van der Waals surface area (Å²) in [4.78, 5) is 30.7. The number of aliphatic hydroxyl groups is 1. The summed E-state index contributed by atoms with van der Waals surface area (Å²) in [6, 6.07) is 21.2. The Morgan fingerprint density at radius 2 is 1.67 bits per heavy atom. The fourth-order valence-electron chi connectivity index (χ4n) is 5.08. The molecule has 0 spiro atoms. The number of hydrogen-bond acceptors (Lipinski definition) is 7. The van der Waals surface area contributed by atoms with Gasteiger partial charge < -0.3 is 24.2 Å². The topological polar surface area (TPSA) is 88.5 Å². The lowest BCUT2D eigenvalue weighted by atomic mass is 9.93. The Balaban J connectivity index is 1.55. The van der Waals surface area contributed by atoms with E-state index in [1.807, 2.05) is 61.5 Å². The molecule has 2 aliphatic rings. The number of Topliss-reactive ketones (excluding diaryl/α,β-unsaturated/α-hetero) is 1. The van der Waals surface area contributed by atoms with E-state index in [4.69, 9.17) is 14.2 Å². The normalized spacial score (nSPS) is 19.3. The molecule has 0 aromatic heterocycles. The van der Waals surface area contributed by atoms with E-state index in [0.29, 0.717) is 54.7 Å². The Labute approximate surface area is 228 Å². The van der Waals surface area contributed by atoms with Gasteiger partial charge in [-0.3, -0.25) is 14.5 Å². The number of carbonyl (C=O) groups is 2. The average Bonchev–Trinajstić information content (AvgIpc) is 3.22. The molecule has 8 nitrogen and oxygen atoms in total. The van der Waals surface area contributed by atoms with Crippen LogP contribution in [0.5, 0.6) is 17.2 Å². The number of amides is 1. The van der Waals surface area contributed by atoms with E-state index in [9.17, 15) is 14.7 Å². The first-order chi connectivity index (χ1) is 19.0. The third kappa shape index (κ3) is 5.67. The standard InChI is InChI=1S/C31H32N2O6/c1-21-19-24(37-2)11-12-26(21)29(34)27-28(22-7-6-10-25(20-22)39-23-8-4-3-5-9-23)33(31(36)30(27)35)14-13-32-15-17-38-18-16-32/h3-12,19-20,28,34H,13-18H2,1-2H3/b29-27+/t28-/m0/s1. The lowest BCUT2D eigenvalue weighted by molar-refractivity contribution is -0.140. The molecular formula is C31H32N2O6. The lowest BCUT2D eigenvalue weighted by Gasteiger charge is -2.31. The van der Waals surface area contributed by atoms with Crippen LogP contribution in [0.3, 0.4) is 0 Å². The first-order valence-electron chi connectivity index (χ1n) is 13.0. The number of likely N-dealkylation sites (tertiary alicyclic amines) is 1. The average molecular weight is 529 g/mol. The molecule has 1 N–H and O–H groups in total. The molecule has 39 heavy (non-hydrogen) atoms. The molecule has 5 rings (SSSR count). The second kappa shape index (κ2) is 11.7. The van der Waals surface area contributed by atoms with Crippen LogP contribution in [-0.4, -0.2) is 73.1 Å². The molecule has 2 aliphatic heterocycles. The van der Waals surface area contributed by atoms with Crippen molar-refractivity contribution in [3.05, 3.63) is 95.1 Å². The second-order valence-corrected chi connectivity index (χ2v) is 9.61. The summed E-state index contributed by atoms with van der Waals surface area (Å²) < 4.78 is 16.8. The lowest BCUT2D eigenvalue weighted by Crippen LogP contribution is -2.42. The maximum absolute atomic E-state index is 13.5. The predicted molar refractivity (Wildman–Crippen MR) is 147 cm³/mol. The van der Waals surface area contributed by atoms with Crippen molar-refractivity contribution in [3.63, 3.8) is 0 Å². The molecule has 1 atom stereocenters. The van der Waals surface area contributed by atoms with Crippen LogP contribution in [-0.2, 0) is 14.3 Å². The zero-order valence-corrected chi connectivity index (χ0v) is 22.1. The van der Waals surface area contributed by atoms with E-state index in [1.165, 1.54) is 0 Å². The van der Waals surface area contributed by atoms with Gasteiger partial charge in [0.25, 0.3) is 11.7 Å². The number of hydrogen-bond donors (Lipinski definition) is 1. The highest BCUT2D eigenvalue weighted by atomic mass is 16.5. The molecule has 0 aliphatic carbocycles. The number of ketones is 1. The van der Waals surface area contributed by atoms with Crippen LogP contribution >= 0.6 is 0 Å². The minimum absolute atomic E-state index is 0.0621. The number of methoxy groups -OCH3 is 1. The molecule has 3 aromatic carbocycles. The van der Waals surface area contributed by atoms with E-state index in [-0.39, 0.29) is 11.3 Å². The van der Waals surface area contributed by atoms with E-state index in [2.05, 4.69) is 4.90 Å². The third-order valence-electron chi connectivity index (χ3n) is 7.14. The molecule has 2 fully saturated rings. The number of aliphatic hydroxyl groups excluding tert-OH is 1. The zero-order chi connectivity index (χ0) is 27.4. The predicted octanol–water partition coefficient (Wildman–Crippen LogP) is 4.55. The Morgan fingerprint density at radius 3 is 2.38 bits per heavy atom. The van der Waals surface area contributed by atoms with Crippen molar-refractivity contribution in [1.82, 2.24) is 9.80 Å². The van der Waals surface area contributed by atoms with Crippen LogP contribution in [0.15, 0.2) is 78.4 Å². The van der Waals surface area contributed by atoms with Gasteiger partial charge in [-0.2, -0.15) is 0 Å². The minimum atomic E-state index is -0.771. The highest BCUT2D eigenvalue weighted by Gasteiger charge is 2.46. The van der Waals surface area contributed by atoms with Crippen molar-refractivity contribution in [2.75, 3.05) is 46.5 Å². The molecule has 0 unspecified atom stereocenters. The summed E-state index contributed by atoms with van der Waals surface area (Å²) in [7, 11) is 1.57. The van der Waals surface area contributed by atoms with E-state index in [1.54, 1.807) is 30.2 Å². The molecule has 0 saturated carbocycles. The Morgan fingerprint density at radius 1 is 0.923 bits per heavy atom. The quantitative estimate of drug-likeness (QED) is 0.261. The van der Waals surface area contributed by atoms with Gasteiger partial charge in [-0.15, -0.1) is 0 Å². The monoisotopic (exact) mass is 528 g/mol. The van der Waals surface area contributed by atoms with Crippen molar-refractivity contribution in [2.45, 2.75) is 13.0 Å². The summed E-state index contributed by atoms with van der Waals surface area (Å²) in [6.07, 6.45) is 0. The number of ether oxygens (including phenoxy) is 3. The third-order valence-corrected chi connectivity index (χ3v) is 7.14. The maximum Gasteiger partial charge on any atom is 0.295 e. The maximum atomic E-state index is 13.5. The largest absolute Gasteiger partial charge is 0.507 e. The number of benzene rings is 3. The van der Waals surface area contributed by atoms with Gasteiger partial charge in [0.1, 0.15) is 23.0 Å². The zero-order valence-electron chi connectivity index (χ0n) is 22.1. The Kier molecular flexibility index (Phi) is 7.95. The molecule has 1 amide bonds. The second-order valence-electron chi connectivity index (χ2n) is 9.61. The number of nitrogens with zero attached hydrogens (tertiary/aromatic N) is 2. The summed E-state index contributed by atoms with van der Waals surface area (Å²) >= 11 is 0. The molecule has 0 bridgehead atoms.